The molecule has 0 saturated heterocycles. The highest BCUT2D eigenvalue weighted by atomic mass is 16.1. The third-order valence-electron chi connectivity index (χ3n) is 5.85. The third-order valence-corrected chi connectivity index (χ3v) is 5.85. The molecule has 1 spiro atoms. The second-order valence-electron chi connectivity index (χ2n) is 7.81. The van der Waals surface area contributed by atoms with Gasteiger partial charge < -0.3 is 0 Å². The smallest absolute Gasteiger partial charge is 0.144 e. The lowest BCUT2D eigenvalue weighted by molar-refractivity contribution is -0.131. The predicted octanol–water partition coefficient (Wildman–Crippen LogP) is 4.28. The monoisotopic (exact) mass is 280 g/mol. The van der Waals surface area contributed by atoms with Crippen molar-refractivity contribution >= 4 is 5.78 Å². The highest BCUT2D eigenvalue weighted by Gasteiger charge is 2.53. The Hall–Kier alpha value is -1.37. The topological polar surface area (TPSA) is 17.1 Å². The number of ketones is 1. The fourth-order valence-corrected chi connectivity index (χ4v) is 4.84. The zero-order valence-corrected chi connectivity index (χ0v) is 13.1. The van der Waals surface area contributed by atoms with Crippen LogP contribution in [0.2, 0.25) is 0 Å². The molecule has 4 rings (SSSR count). The minimum Gasteiger partial charge on any atom is -0.299 e. The fourth-order valence-electron chi connectivity index (χ4n) is 4.84. The van der Waals surface area contributed by atoms with Gasteiger partial charge in [-0.25, -0.2) is 0 Å². The third kappa shape index (κ3) is 2.01. The Kier molecular flexibility index (Phi) is 2.89. The molecule has 3 aliphatic carbocycles. The lowest BCUT2D eigenvalue weighted by Gasteiger charge is -2.39. The van der Waals surface area contributed by atoms with Gasteiger partial charge in [-0.15, -0.1) is 0 Å². The van der Waals surface area contributed by atoms with E-state index in [-0.39, 0.29) is 5.41 Å². The molecule has 1 nitrogen and oxygen atoms in total. The predicted molar refractivity (Wildman–Crippen MR) is 85.3 cm³/mol. The summed E-state index contributed by atoms with van der Waals surface area (Å²) in [6.07, 6.45) is 8.56. The lowest BCUT2D eigenvalue weighted by atomic mass is 9.63. The molecule has 1 aromatic rings. The summed E-state index contributed by atoms with van der Waals surface area (Å²) in [5.74, 6) is 1.80. The van der Waals surface area contributed by atoms with E-state index in [1.807, 2.05) is 0 Å². The van der Waals surface area contributed by atoms with Crippen LogP contribution < -0.4 is 0 Å². The van der Waals surface area contributed by atoms with Crippen LogP contribution in [0.1, 0.15) is 49.8 Å². The summed E-state index contributed by atoms with van der Waals surface area (Å²) in [6.45, 7) is 4.54. The van der Waals surface area contributed by atoms with Gasteiger partial charge in [0.25, 0.3) is 0 Å². The molecule has 3 aliphatic rings. The highest BCUT2D eigenvalue weighted by molar-refractivity contribution is 5.90. The van der Waals surface area contributed by atoms with Crippen molar-refractivity contribution in [2.24, 2.45) is 17.3 Å². The van der Waals surface area contributed by atoms with Crippen LogP contribution in [0, 0.1) is 17.3 Å². The first-order chi connectivity index (χ1) is 10.1. The van der Waals surface area contributed by atoms with Gasteiger partial charge in [0, 0.05) is 11.8 Å². The van der Waals surface area contributed by atoms with Crippen molar-refractivity contribution in [2.75, 3.05) is 0 Å². The Labute approximate surface area is 127 Å². The van der Waals surface area contributed by atoms with Crippen molar-refractivity contribution in [2.45, 2.75) is 52.4 Å². The molecule has 2 atom stereocenters. The molecule has 0 radical (unpaired) electrons. The maximum absolute atomic E-state index is 12.8. The van der Waals surface area contributed by atoms with E-state index in [9.17, 15) is 4.79 Å². The van der Waals surface area contributed by atoms with Crippen LogP contribution in [-0.4, -0.2) is 5.78 Å². The molecule has 110 valence electrons. The average Bonchev–Trinajstić information content (AvgIpc) is 3.01. The minimum atomic E-state index is -0.0342. The van der Waals surface area contributed by atoms with Crippen molar-refractivity contribution in [3.05, 3.63) is 46.5 Å². The van der Waals surface area contributed by atoms with E-state index >= 15 is 0 Å². The molecule has 1 heteroatoms. The number of hydrogen-bond donors (Lipinski definition) is 0. The number of Topliss-reactive ketones (excluding diaryl/α,β-unsaturated/α-hetero) is 1. The quantitative estimate of drug-likeness (QED) is 0.739. The molecule has 1 saturated carbocycles. The standard InChI is InChI=1S/C20H24O/c1-13(2)7-14-3-5-16-10-19(21)20(12-17(16)8-14)11-15-4-6-18(20)9-15/h3-5,8,13,18H,6-7,9-12H2,1-2H3. The number of benzene rings is 1. The van der Waals surface area contributed by atoms with Crippen LogP contribution in [0.15, 0.2) is 29.8 Å². The molecule has 0 aliphatic heterocycles. The number of rotatable bonds is 2. The number of allylic oxidation sites excluding steroid dienone is 2. The molecule has 0 N–H and O–H groups in total. The highest BCUT2D eigenvalue weighted by Crippen LogP contribution is 2.56. The molecule has 2 unspecified atom stereocenters. The second-order valence-corrected chi connectivity index (χ2v) is 7.81. The summed E-state index contributed by atoms with van der Waals surface area (Å²) in [5.41, 5.74) is 5.70. The summed E-state index contributed by atoms with van der Waals surface area (Å²) in [7, 11) is 0. The Morgan fingerprint density at radius 3 is 2.76 bits per heavy atom. The van der Waals surface area contributed by atoms with Gasteiger partial charge in [0.15, 0.2) is 0 Å². The van der Waals surface area contributed by atoms with E-state index in [1.54, 1.807) is 5.57 Å². The van der Waals surface area contributed by atoms with Gasteiger partial charge in [-0.1, -0.05) is 43.7 Å². The van der Waals surface area contributed by atoms with E-state index in [4.69, 9.17) is 0 Å². The zero-order valence-electron chi connectivity index (χ0n) is 13.1. The number of hydrogen-bond acceptors (Lipinski definition) is 1. The number of carbonyl (C=O) groups is 1. The first kappa shape index (κ1) is 13.3. The van der Waals surface area contributed by atoms with E-state index in [1.165, 1.54) is 23.1 Å². The molecule has 0 aromatic heterocycles. The van der Waals surface area contributed by atoms with Crippen LogP contribution in [0.5, 0.6) is 0 Å². The van der Waals surface area contributed by atoms with Crippen LogP contribution in [0.4, 0.5) is 0 Å². The largest absolute Gasteiger partial charge is 0.299 e. The lowest BCUT2D eigenvalue weighted by Crippen LogP contribution is -2.42. The summed E-state index contributed by atoms with van der Waals surface area (Å²) in [6, 6.07) is 6.83. The van der Waals surface area contributed by atoms with Crippen molar-refractivity contribution in [3.8, 4) is 0 Å². The van der Waals surface area contributed by atoms with Crippen LogP contribution >= 0.6 is 0 Å². The normalized spacial score (nSPS) is 30.1. The summed E-state index contributed by atoms with van der Waals surface area (Å²) in [4.78, 5) is 12.8. The average molecular weight is 280 g/mol. The molecule has 0 amide bonds. The molecular formula is C20H24O. The minimum absolute atomic E-state index is 0.0342. The van der Waals surface area contributed by atoms with E-state index in [2.05, 4.69) is 38.1 Å². The van der Waals surface area contributed by atoms with Gasteiger partial charge in [0.05, 0.1) is 0 Å². The van der Waals surface area contributed by atoms with Gasteiger partial charge in [-0.3, -0.25) is 4.79 Å². The van der Waals surface area contributed by atoms with Crippen LogP contribution in [0.3, 0.4) is 0 Å². The van der Waals surface area contributed by atoms with Crippen LogP contribution in [-0.2, 0) is 24.1 Å². The van der Waals surface area contributed by atoms with Gasteiger partial charge in [-0.05, 0) is 60.6 Å². The Balaban J connectivity index is 1.69. The van der Waals surface area contributed by atoms with Gasteiger partial charge in [0.1, 0.15) is 5.78 Å². The number of fused-ring (bicyclic) bond motifs is 4. The van der Waals surface area contributed by atoms with Crippen molar-refractivity contribution in [3.63, 3.8) is 0 Å². The Bertz CT molecular complexity index is 637. The maximum atomic E-state index is 12.8. The molecule has 1 aromatic carbocycles. The van der Waals surface area contributed by atoms with Crippen molar-refractivity contribution in [1.82, 2.24) is 0 Å². The maximum Gasteiger partial charge on any atom is 0.144 e. The first-order valence-corrected chi connectivity index (χ1v) is 8.39. The van der Waals surface area contributed by atoms with Crippen molar-refractivity contribution in [1.29, 1.82) is 0 Å². The fraction of sp³-hybridized carbons (Fsp3) is 0.550. The van der Waals surface area contributed by atoms with Crippen LogP contribution in [0.25, 0.3) is 0 Å². The molecule has 2 bridgehead atoms. The summed E-state index contributed by atoms with van der Waals surface area (Å²) < 4.78 is 0. The summed E-state index contributed by atoms with van der Waals surface area (Å²) in [5, 5.41) is 0. The molecule has 0 heterocycles. The molecular weight excluding hydrogens is 256 g/mol. The SMILES string of the molecule is CC(C)Cc1ccc2c(c1)CC1(CC3=CCC1C3)C(=O)C2. The first-order valence-electron chi connectivity index (χ1n) is 8.39. The van der Waals surface area contributed by atoms with E-state index in [0.29, 0.717) is 24.0 Å². The number of carbonyl (C=O) groups excluding carboxylic acids is 1. The van der Waals surface area contributed by atoms with Crippen molar-refractivity contribution < 1.29 is 4.79 Å². The van der Waals surface area contributed by atoms with Gasteiger partial charge in [-0.2, -0.15) is 0 Å². The Morgan fingerprint density at radius 1 is 1.24 bits per heavy atom. The Morgan fingerprint density at radius 2 is 2.10 bits per heavy atom. The van der Waals surface area contributed by atoms with Gasteiger partial charge >= 0.3 is 0 Å². The summed E-state index contributed by atoms with van der Waals surface area (Å²) >= 11 is 0. The van der Waals surface area contributed by atoms with Gasteiger partial charge in [0.2, 0.25) is 0 Å². The molecule has 21 heavy (non-hydrogen) atoms. The van der Waals surface area contributed by atoms with E-state index in [0.717, 1.165) is 25.7 Å². The molecule has 1 fully saturated rings. The second kappa shape index (κ2) is 4.56. The van der Waals surface area contributed by atoms with E-state index < -0.39 is 0 Å². The zero-order chi connectivity index (χ0) is 14.6.